The van der Waals surface area contributed by atoms with E-state index in [1.54, 1.807) is 0 Å². The summed E-state index contributed by atoms with van der Waals surface area (Å²) < 4.78 is 0. The Balaban J connectivity index is 0.000000810. The number of alkyl halides is 1. The highest BCUT2D eigenvalue weighted by Crippen LogP contribution is 2.17. The van der Waals surface area contributed by atoms with Crippen LogP contribution in [0.5, 0.6) is 0 Å². The van der Waals surface area contributed by atoms with Gasteiger partial charge in [-0.05, 0) is 32.4 Å². The van der Waals surface area contributed by atoms with Crippen LogP contribution in [0.4, 0.5) is 0 Å². The maximum absolute atomic E-state index is 5.61. The minimum Gasteiger partial charge on any atom is -0.306 e. The molecule has 0 bridgehead atoms. The first-order valence-corrected chi connectivity index (χ1v) is 4.11. The summed E-state index contributed by atoms with van der Waals surface area (Å²) in [6.07, 6.45) is 2.55. The van der Waals surface area contributed by atoms with Gasteiger partial charge in [0, 0.05) is 12.4 Å². The monoisotopic (exact) mass is 183 g/mol. The molecule has 0 aliphatic carbocycles. The number of hydrogen-bond acceptors (Lipinski definition) is 1. The average molecular weight is 184 g/mol. The Hall–Kier alpha value is 0.540. The molecule has 0 aromatic rings. The molecular weight excluding hydrogens is 169 g/mol. The van der Waals surface area contributed by atoms with Gasteiger partial charge in [-0.3, -0.25) is 0 Å². The topological polar surface area (TPSA) is 3.24 Å². The van der Waals surface area contributed by atoms with E-state index in [9.17, 15) is 0 Å². The second-order valence-electron chi connectivity index (χ2n) is 2.89. The Labute approximate surface area is 74.1 Å². The summed E-state index contributed by atoms with van der Waals surface area (Å²) in [5.74, 6) is 1.71. The molecule has 1 saturated heterocycles. The third-order valence-corrected chi connectivity index (χ3v) is 2.22. The number of hydrogen-bond donors (Lipinski definition) is 0. The number of likely N-dealkylation sites (tertiary alicyclic amines) is 1. The van der Waals surface area contributed by atoms with Crippen molar-refractivity contribution in [2.24, 2.45) is 5.92 Å². The zero-order chi connectivity index (χ0) is 6.69. The van der Waals surface area contributed by atoms with Crippen LogP contribution in [0, 0.1) is 5.92 Å². The summed E-state index contributed by atoms with van der Waals surface area (Å²) in [6.45, 7) is 2.52. The molecule has 62 valence electrons. The van der Waals surface area contributed by atoms with Crippen molar-refractivity contribution in [2.45, 2.75) is 12.8 Å². The van der Waals surface area contributed by atoms with Gasteiger partial charge in [0.2, 0.25) is 0 Å². The summed E-state index contributed by atoms with van der Waals surface area (Å²) in [5, 5.41) is 0. The lowest BCUT2D eigenvalue weighted by molar-refractivity contribution is 0.392. The first-order chi connectivity index (χ1) is 4.33. The van der Waals surface area contributed by atoms with Crippen molar-refractivity contribution in [3.63, 3.8) is 0 Å². The van der Waals surface area contributed by atoms with E-state index in [2.05, 4.69) is 11.9 Å². The lowest BCUT2D eigenvalue weighted by atomic mass is 10.1. The van der Waals surface area contributed by atoms with E-state index < -0.39 is 0 Å². The van der Waals surface area contributed by atoms with Gasteiger partial charge in [-0.2, -0.15) is 0 Å². The van der Waals surface area contributed by atoms with Crippen LogP contribution in [-0.4, -0.2) is 30.9 Å². The molecule has 0 aromatic heterocycles. The van der Waals surface area contributed by atoms with Crippen molar-refractivity contribution in [1.82, 2.24) is 4.90 Å². The molecule has 0 N–H and O–H groups in total. The van der Waals surface area contributed by atoms with Crippen molar-refractivity contribution < 1.29 is 0 Å². The fourth-order valence-corrected chi connectivity index (χ4v) is 1.72. The van der Waals surface area contributed by atoms with E-state index >= 15 is 0 Å². The molecule has 0 spiro atoms. The van der Waals surface area contributed by atoms with Crippen molar-refractivity contribution in [1.29, 1.82) is 0 Å². The predicted octanol–water partition coefficient (Wildman–Crippen LogP) is 1.99. The normalized spacial score (nSPS) is 26.4. The molecule has 1 atom stereocenters. The van der Waals surface area contributed by atoms with Gasteiger partial charge in [0.05, 0.1) is 0 Å². The van der Waals surface area contributed by atoms with Crippen LogP contribution in [0.1, 0.15) is 12.8 Å². The molecule has 1 unspecified atom stereocenters. The summed E-state index contributed by atoms with van der Waals surface area (Å²) in [7, 11) is 2.17. The smallest absolute Gasteiger partial charge is 0.0226 e. The van der Waals surface area contributed by atoms with E-state index in [0.717, 1.165) is 11.8 Å². The molecule has 1 nitrogen and oxygen atoms in total. The molecule has 0 saturated carbocycles. The fourth-order valence-electron chi connectivity index (χ4n) is 1.42. The van der Waals surface area contributed by atoms with Gasteiger partial charge in [0.1, 0.15) is 0 Å². The molecule has 0 radical (unpaired) electrons. The Morgan fingerprint density at radius 1 is 1.60 bits per heavy atom. The zero-order valence-corrected chi connectivity index (χ0v) is 7.92. The third-order valence-electron chi connectivity index (χ3n) is 2.01. The van der Waals surface area contributed by atoms with Crippen LogP contribution in [0.15, 0.2) is 0 Å². The van der Waals surface area contributed by atoms with Gasteiger partial charge in [-0.1, -0.05) is 0 Å². The standard InChI is InChI=1S/C7H14ClN.ClH/c1-9-5-3-7(6-9)2-4-8;/h7H,2-6H2,1H3;1H. The Morgan fingerprint density at radius 2 is 2.30 bits per heavy atom. The van der Waals surface area contributed by atoms with Crippen LogP contribution in [0.3, 0.4) is 0 Å². The highest BCUT2D eigenvalue weighted by atomic mass is 35.5. The molecule has 1 aliphatic rings. The molecule has 1 aliphatic heterocycles. The van der Waals surface area contributed by atoms with Crippen molar-refractivity contribution in [3.8, 4) is 0 Å². The van der Waals surface area contributed by atoms with Crippen LogP contribution in [-0.2, 0) is 0 Å². The Morgan fingerprint density at radius 3 is 2.70 bits per heavy atom. The lowest BCUT2D eigenvalue weighted by Crippen LogP contribution is -2.13. The van der Waals surface area contributed by atoms with Crippen LogP contribution in [0.25, 0.3) is 0 Å². The molecule has 1 fully saturated rings. The van der Waals surface area contributed by atoms with E-state index in [1.807, 2.05) is 0 Å². The maximum Gasteiger partial charge on any atom is 0.0226 e. The minimum absolute atomic E-state index is 0. The molecule has 1 rings (SSSR count). The van der Waals surface area contributed by atoms with E-state index in [0.29, 0.717) is 0 Å². The second kappa shape index (κ2) is 5.22. The fraction of sp³-hybridized carbons (Fsp3) is 1.00. The van der Waals surface area contributed by atoms with Crippen molar-refractivity contribution in [2.75, 3.05) is 26.0 Å². The van der Waals surface area contributed by atoms with Gasteiger partial charge < -0.3 is 4.90 Å². The zero-order valence-electron chi connectivity index (χ0n) is 6.35. The molecule has 3 heteroatoms. The molecule has 10 heavy (non-hydrogen) atoms. The molecule has 0 aromatic carbocycles. The average Bonchev–Trinajstić information content (AvgIpc) is 2.17. The maximum atomic E-state index is 5.61. The molecule has 1 heterocycles. The first kappa shape index (κ1) is 10.5. The van der Waals surface area contributed by atoms with Crippen LogP contribution >= 0.6 is 24.0 Å². The first-order valence-electron chi connectivity index (χ1n) is 3.57. The predicted molar refractivity (Wildman–Crippen MR) is 48.2 cm³/mol. The highest BCUT2D eigenvalue weighted by molar-refractivity contribution is 6.17. The minimum atomic E-state index is 0. The number of rotatable bonds is 2. The van der Waals surface area contributed by atoms with E-state index in [4.69, 9.17) is 11.6 Å². The van der Waals surface area contributed by atoms with Crippen LogP contribution in [0.2, 0.25) is 0 Å². The summed E-state index contributed by atoms with van der Waals surface area (Å²) >= 11 is 5.61. The highest BCUT2D eigenvalue weighted by Gasteiger charge is 2.17. The van der Waals surface area contributed by atoms with E-state index in [1.165, 1.54) is 25.9 Å². The Bertz CT molecular complexity index is 85.7. The van der Waals surface area contributed by atoms with Gasteiger partial charge in [-0.25, -0.2) is 0 Å². The molecular formula is C7H15Cl2N. The summed E-state index contributed by atoms with van der Waals surface area (Å²) in [4.78, 5) is 2.37. The Kier molecular flexibility index (Phi) is 5.51. The third kappa shape index (κ3) is 3.09. The largest absolute Gasteiger partial charge is 0.306 e. The SMILES string of the molecule is CN1CCC(CCCl)C1.Cl. The number of nitrogens with zero attached hydrogens (tertiary/aromatic N) is 1. The van der Waals surface area contributed by atoms with Crippen molar-refractivity contribution >= 4 is 24.0 Å². The number of halogens is 2. The summed E-state index contributed by atoms with van der Waals surface area (Å²) in [5.41, 5.74) is 0. The van der Waals surface area contributed by atoms with Gasteiger partial charge in [0.25, 0.3) is 0 Å². The lowest BCUT2D eigenvalue weighted by Gasteiger charge is -2.06. The van der Waals surface area contributed by atoms with Gasteiger partial charge >= 0.3 is 0 Å². The van der Waals surface area contributed by atoms with Crippen molar-refractivity contribution in [3.05, 3.63) is 0 Å². The second-order valence-corrected chi connectivity index (χ2v) is 3.27. The van der Waals surface area contributed by atoms with Gasteiger partial charge in [0.15, 0.2) is 0 Å². The van der Waals surface area contributed by atoms with Gasteiger partial charge in [-0.15, -0.1) is 24.0 Å². The van der Waals surface area contributed by atoms with E-state index in [-0.39, 0.29) is 12.4 Å². The van der Waals surface area contributed by atoms with Crippen LogP contribution < -0.4 is 0 Å². The summed E-state index contributed by atoms with van der Waals surface area (Å²) in [6, 6.07) is 0. The molecule has 0 amide bonds. The quantitative estimate of drug-likeness (QED) is 0.593.